The van der Waals surface area contributed by atoms with Gasteiger partial charge in [-0.3, -0.25) is 0 Å². The number of hydrogen-bond donors (Lipinski definition) is 1. The second kappa shape index (κ2) is 7.23. The molecule has 0 fully saturated rings. The zero-order valence-corrected chi connectivity index (χ0v) is 12.8. The molecular weight excluding hydrogens is 265 g/mol. The summed E-state index contributed by atoms with van der Waals surface area (Å²) < 4.78 is 19.1. The van der Waals surface area contributed by atoms with E-state index < -0.39 is 0 Å². The molecule has 0 aliphatic rings. The van der Waals surface area contributed by atoms with Gasteiger partial charge in [0.1, 0.15) is 11.6 Å². The van der Waals surface area contributed by atoms with E-state index in [-0.39, 0.29) is 17.8 Å². The molecule has 2 aromatic carbocycles. The minimum atomic E-state index is -0.242. The number of ether oxygens (including phenoxy) is 1. The Morgan fingerprint density at radius 1 is 1.14 bits per heavy atom. The van der Waals surface area contributed by atoms with Crippen LogP contribution in [0.4, 0.5) is 4.39 Å². The van der Waals surface area contributed by atoms with Gasteiger partial charge in [-0.1, -0.05) is 37.3 Å². The Balaban J connectivity index is 2.45. The summed E-state index contributed by atoms with van der Waals surface area (Å²) in [4.78, 5) is 0. The van der Waals surface area contributed by atoms with Crippen molar-refractivity contribution in [2.24, 2.45) is 0 Å². The first kappa shape index (κ1) is 15.5. The lowest BCUT2D eigenvalue weighted by molar-refractivity contribution is 0.387. The van der Waals surface area contributed by atoms with Gasteiger partial charge in [0.05, 0.1) is 7.11 Å². The molecular formula is C18H22FNO. The highest BCUT2D eigenvalue weighted by molar-refractivity contribution is 5.39. The van der Waals surface area contributed by atoms with Gasteiger partial charge in [-0.25, -0.2) is 4.39 Å². The van der Waals surface area contributed by atoms with Crippen LogP contribution in [-0.2, 0) is 0 Å². The second-order valence-electron chi connectivity index (χ2n) is 5.08. The van der Waals surface area contributed by atoms with Gasteiger partial charge in [-0.05, 0) is 37.2 Å². The highest BCUT2D eigenvalue weighted by Crippen LogP contribution is 2.37. The molecule has 2 unspecified atom stereocenters. The third-order valence-corrected chi connectivity index (χ3v) is 3.91. The van der Waals surface area contributed by atoms with E-state index >= 15 is 0 Å². The summed E-state index contributed by atoms with van der Waals surface area (Å²) in [7, 11) is 3.52. The van der Waals surface area contributed by atoms with Crippen LogP contribution in [0.15, 0.2) is 48.5 Å². The maximum atomic E-state index is 13.7. The molecule has 0 aliphatic heterocycles. The van der Waals surface area contributed by atoms with E-state index in [1.165, 1.54) is 11.6 Å². The van der Waals surface area contributed by atoms with E-state index in [4.69, 9.17) is 4.74 Å². The molecule has 0 radical (unpaired) electrons. The average molecular weight is 287 g/mol. The number of benzene rings is 2. The fourth-order valence-corrected chi connectivity index (χ4v) is 2.89. The van der Waals surface area contributed by atoms with Crippen molar-refractivity contribution in [3.8, 4) is 5.75 Å². The maximum absolute atomic E-state index is 13.7. The Hall–Kier alpha value is -1.87. The van der Waals surface area contributed by atoms with Crippen molar-refractivity contribution in [2.45, 2.75) is 25.3 Å². The Labute approximate surface area is 126 Å². The number of nitrogens with one attached hydrogen (secondary N) is 1. The first-order chi connectivity index (χ1) is 10.2. The van der Waals surface area contributed by atoms with Gasteiger partial charge in [0, 0.05) is 17.5 Å². The Kier molecular flexibility index (Phi) is 5.34. The van der Waals surface area contributed by atoms with E-state index in [0.29, 0.717) is 5.75 Å². The normalized spacial score (nSPS) is 13.7. The smallest absolute Gasteiger partial charge is 0.123 e. The minimum Gasteiger partial charge on any atom is -0.496 e. The first-order valence-corrected chi connectivity index (χ1v) is 7.26. The summed E-state index contributed by atoms with van der Waals surface area (Å²) >= 11 is 0. The van der Waals surface area contributed by atoms with Crippen molar-refractivity contribution in [3.63, 3.8) is 0 Å². The molecule has 0 saturated carbocycles. The zero-order chi connectivity index (χ0) is 15.2. The summed E-state index contributed by atoms with van der Waals surface area (Å²) in [6.45, 7) is 2.15. The van der Waals surface area contributed by atoms with E-state index in [2.05, 4.69) is 24.4 Å². The minimum absolute atomic E-state index is 0.00282. The molecule has 0 spiro atoms. The summed E-state index contributed by atoms with van der Waals surface area (Å²) in [5.74, 6) is 0.728. The van der Waals surface area contributed by atoms with Gasteiger partial charge < -0.3 is 10.1 Å². The zero-order valence-electron chi connectivity index (χ0n) is 12.8. The van der Waals surface area contributed by atoms with E-state index in [9.17, 15) is 4.39 Å². The van der Waals surface area contributed by atoms with Crippen molar-refractivity contribution in [1.82, 2.24) is 5.32 Å². The average Bonchev–Trinajstić information content (AvgIpc) is 2.53. The first-order valence-electron chi connectivity index (χ1n) is 7.26. The summed E-state index contributed by atoms with van der Waals surface area (Å²) in [6, 6.07) is 15.0. The molecule has 2 atom stereocenters. The summed E-state index contributed by atoms with van der Waals surface area (Å²) in [5, 5.41) is 3.32. The van der Waals surface area contributed by atoms with Crippen LogP contribution in [0.2, 0.25) is 0 Å². The summed E-state index contributed by atoms with van der Waals surface area (Å²) in [6.07, 6.45) is 0.954. The molecule has 0 aliphatic carbocycles. The van der Waals surface area contributed by atoms with Crippen LogP contribution in [0.1, 0.15) is 36.4 Å². The molecule has 2 nitrogen and oxygen atoms in total. The van der Waals surface area contributed by atoms with Crippen LogP contribution < -0.4 is 10.1 Å². The highest BCUT2D eigenvalue weighted by Gasteiger charge is 2.25. The lowest BCUT2D eigenvalue weighted by Crippen LogP contribution is -2.24. The standard InChI is InChI=1S/C18H22FNO/c1-4-15(13-8-6-5-7-9-13)18(20-2)16-12-14(19)10-11-17(16)21-3/h5-12,15,18,20H,4H2,1-3H3. The van der Waals surface area contributed by atoms with Crippen LogP contribution in [-0.4, -0.2) is 14.2 Å². The monoisotopic (exact) mass is 287 g/mol. The molecule has 3 heteroatoms. The Morgan fingerprint density at radius 3 is 2.43 bits per heavy atom. The fraction of sp³-hybridized carbons (Fsp3) is 0.333. The largest absolute Gasteiger partial charge is 0.496 e. The van der Waals surface area contributed by atoms with Gasteiger partial charge in [-0.15, -0.1) is 0 Å². The predicted octanol–water partition coefficient (Wildman–Crippen LogP) is 4.29. The van der Waals surface area contributed by atoms with Crippen LogP contribution in [0.25, 0.3) is 0 Å². The van der Waals surface area contributed by atoms with Gasteiger partial charge >= 0.3 is 0 Å². The van der Waals surface area contributed by atoms with Gasteiger partial charge in [0.15, 0.2) is 0 Å². The van der Waals surface area contributed by atoms with Crippen LogP contribution in [0, 0.1) is 5.82 Å². The van der Waals surface area contributed by atoms with Crippen molar-refractivity contribution >= 4 is 0 Å². The fourth-order valence-electron chi connectivity index (χ4n) is 2.89. The van der Waals surface area contributed by atoms with E-state index in [0.717, 1.165) is 12.0 Å². The highest BCUT2D eigenvalue weighted by atomic mass is 19.1. The van der Waals surface area contributed by atoms with Crippen molar-refractivity contribution in [1.29, 1.82) is 0 Å². The van der Waals surface area contributed by atoms with E-state index in [1.807, 2.05) is 25.2 Å². The lowest BCUT2D eigenvalue weighted by Gasteiger charge is -2.28. The predicted molar refractivity (Wildman–Crippen MR) is 84.2 cm³/mol. The van der Waals surface area contributed by atoms with Crippen LogP contribution in [0.5, 0.6) is 5.75 Å². The van der Waals surface area contributed by atoms with Crippen LogP contribution in [0.3, 0.4) is 0 Å². The molecule has 0 heterocycles. The number of methoxy groups -OCH3 is 1. The molecule has 0 saturated heterocycles. The molecule has 1 N–H and O–H groups in total. The number of likely N-dealkylation sites (N-methyl/N-ethyl adjacent to an activating group) is 1. The molecule has 2 rings (SSSR count). The van der Waals surface area contributed by atoms with Crippen molar-refractivity contribution in [3.05, 3.63) is 65.5 Å². The number of hydrogen-bond acceptors (Lipinski definition) is 2. The second-order valence-corrected chi connectivity index (χ2v) is 5.08. The van der Waals surface area contributed by atoms with Gasteiger partial charge in [0.2, 0.25) is 0 Å². The SMILES string of the molecule is CCC(c1ccccc1)C(NC)c1cc(F)ccc1OC. The van der Waals surface area contributed by atoms with Crippen molar-refractivity contribution in [2.75, 3.05) is 14.2 Å². The maximum Gasteiger partial charge on any atom is 0.123 e. The molecule has 2 aromatic rings. The van der Waals surface area contributed by atoms with E-state index in [1.54, 1.807) is 19.2 Å². The topological polar surface area (TPSA) is 21.3 Å². The number of halogens is 1. The quantitative estimate of drug-likeness (QED) is 0.856. The van der Waals surface area contributed by atoms with Gasteiger partial charge in [0.25, 0.3) is 0 Å². The lowest BCUT2D eigenvalue weighted by atomic mass is 9.85. The number of rotatable bonds is 6. The van der Waals surface area contributed by atoms with Gasteiger partial charge in [-0.2, -0.15) is 0 Å². The third-order valence-electron chi connectivity index (χ3n) is 3.91. The third kappa shape index (κ3) is 3.42. The molecule has 0 bridgehead atoms. The summed E-state index contributed by atoms with van der Waals surface area (Å²) in [5.41, 5.74) is 2.10. The Bertz CT molecular complexity index is 571. The van der Waals surface area contributed by atoms with Crippen molar-refractivity contribution < 1.29 is 9.13 Å². The van der Waals surface area contributed by atoms with Crippen LogP contribution >= 0.6 is 0 Å². The Morgan fingerprint density at radius 2 is 1.86 bits per heavy atom. The molecule has 0 amide bonds. The molecule has 112 valence electrons. The molecule has 0 aromatic heterocycles. The molecule has 21 heavy (non-hydrogen) atoms.